The number of pyridine rings is 1. The number of carbonyl (C=O) groups excluding carboxylic acids is 1. The number of hydrogen-bond donors (Lipinski definition) is 1. The topological polar surface area (TPSA) is 101 Å². The molecular weight excluding hydrogens is 463 g/mol. The first-order valence-corrected chi connectivity index (χ1v) is 11.8. The minimum atomic E-state index is -0.666. The molecule has 1 aromatic carbocycles. The van der Waals surface area contributed by atoms with Crippen LogP contribution in [-0.2, 0) is 20.3 Å². The van der Waals surface area contributed by atoms with Gasteiger partial charge in [-0.3, -0.25) is 19.1 Å². The molecule has 36 heavy (non-hydrogen) atoms. The largest absolute Gasteiger partial charge is 0.337 e. The lowest BCUT2D eigenvalue weighted by Crippen LogP contribution is -2.52. The van der Waals surface area contributed by atoms with Gasteiger partial charge in [0.1, 0.15) is 6.67 Å². The first-order chi connectivity index (χ1) is 17.5. The van der Waals surface area contributed by atoms with Crippen molar-refractivity contribution in [3.05, 3.63) is 70.5 Å². The van der Waals surface area contributed by atoms with Crippen molar-refractivity contribution in [3.8, 4) is 11.1 Å². The van der Waals surface area contributed by atoms with Crippen LogP contribution < -0.4 is 15.8 Å². The number of nitrogens with zero attached hydrogens (tertiary/aromatic N) is 7. The summed E-state index contributed by atoms with van der Waals surface area (Å²) in [5, 5.41) is 3.47. The van der Waals surface area contributed by atoms with E-state index in [4.69, 9.17) is 0 Å². The third-order valence-corrected chi connectivity index (χ3v) is 7.08. The van der Waals surface area contributed by atoms with Gasteiger partial charge in [-0.25, -0.2) is 19.2 Å². The molecule has 4 aromatic rings. The lowest BCUT2D eigenvalue weighted by molar-refractivity contribution is 0.197. The summed E-state index contributed by atoms with van der Waals surface area (Å²) >= 11 is 0. The van der Waals surface area contributed by atoms with Gasteiger partial charge >= 0.3 is 6.03 Å². The van der Waals surface area contributed by atoms with E-state index in [1.165, 1.54) is 0 Å². The fourth-order valence-corrected chi connectivity index (χ4v) is 5.06. The van der Waals surface area contributed by atoms with Crippen molar-refractivity contribution < 1.29 is 9.18 Å². The molecule has 2 aliphatic rings. The number of piperazine rings is 1. The van der Waals surface area contributed by atoms with Crippen LogP contribution in [0.1, 0.15) is 11.3 Å². The molecule has 2 saturated heterocycles. The highest BCUT2D eigenvalue weighted by atomic mass is 19.1. The summed E-state index contributed by atoms with van der Waals surface area (Å²) in [6.07, 6.45) is 5.13. The average Bonchev–Trinajstić information content (AvgIpc) is 3.41. The van der Waals surface area contributed by atoms with Crippen LogP contribution in [0.15, 0.2) is 53.7 Å². The number of aromatic nitrogens is 5. The second-order valence-electron chi connectivity index (χ2n) is 9.11. The summed E-state index contributed by atoms with van der Waals surface area (Å²) in [6, 6.07) is 9.35. The van der Waals surface area contributed by atoms with E-state index < -0.39 is 6.67 Å². The summed E-state index contributed by atoms with van der Waals surface area (Å²) in [5.41, 5.74) is 3.42. The predicted octanol–water partition coefficient (Wildman–Crippen LogP) is 1.92. The van der Waals surface area contributed by atoms with E-state index in [2.05, 4.69) is 25.2 Å². The molecule has 0 radical (unpaired) electrons. The third-order valence-electron chi connectivity index (χ3n) is 7.08. The average molecular weight is 489 g/mol. The Labute approximate surface area is 206 Å². The Morgan fingerprint density at radius 3 is 2.72 bits per heavy atom. The van der Waals surface area contributed by atoms with Crippen molar-refractivity contribution >= 4 is 22.9 Å². The summed E-state index contributed by atoms with van der Waals surface area (Å²) in [7, 11) is 1.71. The Bertz CT molecular complexity index is 1510. The lowest BCUT2D eigenvalue weighted by atomic mass is 10.1. The van der Waals surface area contributed by atoms with E-state index in [0.717, 1.165) is 22.2 Å². The Balaban J connectivity index is 1.30. The highest BCUT2D eigenvalue weighted by molar-refractivity contribution is 5.84. The number of halogens is 1. The van der Waals surface area contributed by atoms with Crippen molar-refractivity contribution in [1.29, 1.82) is 0 Å². The normalized spacial score (nSPS) is 17.5. The monoisotopic (exact) mass is 488 g/mol. The number of carbonyl (C=O) groups is 1. The van der Waals surface area contributed by atoms with E-state index in [0.29, 0.717) is 49.8 Å². The Morgan fingerprint density at radius 1 is 1.08 bits per heavy atom. The fraction of sp³-hybridized carbons (Fsp3) is 0.320. The SMILES string of the molecule is Cn1c(=O)c2ccc(-c3cnc(N4CCN5C(=O)NCC5C4)nc3)cc2n1Cc1cccnc1CF. The molecule has 6 rings (SSSR count). The zero-order valence-corrected chi connectivity index (χ0v) is 19.8. The van der Waals surface area contributed by atoms with Gasteiger partial charge in [0, 0.05) is 57.4 Å². The molecule has 0 saturated carbocycles. The van der Waals surface area contributed by atoms with Crippen LogP contribution >= 0.6 is 0 Å². The maximum atomic E-state index is 13.5. The molecule has 0 aliphatic carbocycles. The standard InChI is InChI=1S/C25H25FN8O2/c1-31-23(35)20-5-4-16(9-22(20)34(31)14-17-3-2-6-27-21(17)10-26)18-11-28-24(29-12-18)32-7-8-33-19(15-32)13-30-25(33)36/h2-6,9,11-12,19H,7-8,10,13-15H2,1H3,(H,30,36). The van der Waals surface area contributed by atoms with E-state index in [9.17, 15) is 14.0 Å². The number of anilines is 1. The Morgan fingerprint density at radius 2 is 1.92 bits per heavy atom. The number of amides is 2. The predicted molar refractivity (Wildman–Crippen MR) is 132 cm³/mol. The van der Waals surface area contributed by atoms with Gasteiger partial charge in [0.15, 0.2) is 0 Å². The van der Waals surface area contributed by atoms with Crippen molar-refractivity contribution in [3.63, 3.8) is 0 Å². The van der Waals surface area contributed by atoms with Crippen molar-refractivity contribution in [2.45, 2.75) is 19.3 Å². The molecule has 0 bridgehead atoms. The zero-order valence-electron chi connectivity index (χ0n) is 19.8. The molecule has 2 fully saturated rings. The van der Waals surface area contributed by atoms with Crippen LogP contribution in [0, 0.1) is 0 Å². The number of nitrogens with one attached hydrogen (secondary N) is 1. The number of hydrogen-bond acceptors (Lipinski definition) is 6. The van der Waals surface area contributed by atoms with Gasteiger partial charge in [-0.15, -0.1) is 0 Å². The number of alkyl halides is 1. The Hall–Kier alpha value is -4.28. The van der Waals surface area contributed by atoms with Gasteiger partial charge in [-0.05, 0) is 29.3 Å². The van der Waals surface area contributed by atoms with Crippen LogP contribution in [0.2, 0.25) is 0 Å². The van der Waals surface area contributed by atoms with Gasteiger partial charge in [0.2, 0.25) is 5.95 Å². The van der Waals surface area contributed by atoms with Crippen LogP contribution in [0.5, 0.6) is 0 Å². The van der Waals surface area contributed by atoms with Gasteiger partial charge in [-0.2, -0.15) is 0 Å². The lowest BCUT2D eigenvalue weighted by Gasteiger charge is -2.36. The highest BCUT2D eigenvalue weighted by Gasteiger charge is 2.36. The molecule has 11 heteroatoms. The molecule has 2 amide bonds. The van der Waals surface area contributed by atoms with Crippen LogP contribution in [0.3, 0.4) is 0 Å². The fourth-order valence-electron chi connectivity index (χ4n) is 5.06. The highest BCUT2D eigenvalue weighted by Crippen LogP contribution is 2.25. The Kier molecular flexibility index (Phi) is 5.39. The molecule has 3 aromatic heterocycles. The van der Waals surface area contributed by atoms with E-state index in [-0.39, 0.29) is 17.6 Å². The molecule has 0 spiro atoms. The second-order valence-corrected chi connectivity index (χ2v) is 9.11. The first kappa shape index (κ1) is 22.2. The van der Waals surface area contributed by atoms with Gasteiger partial charge in [0.25, 0.3) is 5.56 Å². The summed E-state index contributed by atoms with van der Waals surface area (Å²) in [4.78, 5) is 42.0. The summed E-state index contributed by atoms with van der Waals surface area (Å²) < 4.78 is 16.8. The summed E-state index contributed by atoms with van der Waals surface area (Å²) in [6.45, 7) is 2.31. The molecule has 2 aliphatic heterocycles. The van der Waals surface area contributed by atoms with Crippen LogP contribution in [0.25, 0.3) is 22.0 Å². The van der Waals surface area contributed by atoms with Gasteiger partial charge in [-0.1, -0.05) is 12.1 Å². The second kappa shape index (κ2) is 8.74. The van der Waals surface area contributed by atoms with E-state index in [1.54, 1.807) is 42.5 Å². The van der Waals surface area contributed by atoms with E-state index >= 15 is 0 Å². The number of fused-ring (bicyclic) bond motifs is 2. The zero-order chi connectivity index (χ0) is 24.8. The first-order valence-electron chi connectivity index (χ1n) is 11.8. The molecule has 1 unspecified atom stereocenters. The van der Waals surface area contributed by atoms with Crippen LogP contribution in [0.4, 0.5) is 15.1 Å². The van der Waals surface area contributed by atoms with Crippen molar-refractivity contribution in [1.82, 2.24) is 34.5 Å². The number of urea groups is 1. The number of rotatable bonds is 5. The van der Waals surface area contributed by atoms with Gasteiger partial charge < -0.3 is 15.1 Å². The third kappa shape index (κ3) is 3.67. The number of benzene rings is 1. The maximum Gasteiger partial charge on any atom is 0.317 e. The molecule has 1 N–H and O–H groups in total. The quantitative estimate of drug-likeness (QED) is 0.461. The van der Waals surface area contributed by atoms with Crippen molar-refractivity contribution in [2.24, 2.45) is 7.05 Å². The summed E-state index contributed by atoms with van der Waals surface area (Å²) in [5.74, 6) is 0.630. The minimum absolute atomic E-state index is 0.00450. The molecule has 1 atom stereocenters. The van der Waals surface area contributed by atoms with E-state index in [1.807, 2.05) is 27.8 Å². The molecule has 5 heterocycles. The maximum absolute atomic E-state index is 13.5. The molecular formula is C25H25FN8O2. The molecule has 184 valence electrons. The smallest absolute Gasteiger partial charge is 0.317 e. The molecule has 10 nitrogen and oxygen atoms in total. The van der Waals surface area contributed by atoms with Crippen molar-refractivity contribution in [2.75, 3.05) is 31.1 Å². The minimum Gasteiger partial charge on any atom is -0.337 e. The van der Waals surface area contributed by atoms with Crippen LogP contribution in [-0.4, -0.2) is 67.5 Å². The van der Waals surface area contributed by atoms with Gasteiger partial charge in [0.05, 0.1) is 29.2 Å².